The summed E-state index contributed by atoms with van der Waals surface area (Å²) in [7, 11) is 1.79. The molecule has 0 radical (unpaired) electrons. The fourth-order valence-corrected chi connectivity index (χ4v) is 0.859. The Balaban J connectivity index is 2.05. The Kier molecular flexibility index (Phi) is 2.57. The Labute approximate surface area is 61.4 Å². The summed E-state index contributed by atoms with van der Waals surface area (Å²) in [6, 6.07) is 0. The van der Waals surface area contributed by atoms with Crippen molar-refractivity contribution in [2.75, 3.05) is 7.05 Å². The second-order valence-corrected chi connectivity index (χ2v) is 2.47. The topological polar surface area (TPSA) is 33.3 Å². The average Bonchev–Trinajstić information content (AvgIpc) is 1.80. The molecule has 0 aromatic rings. The highest BCUT2D eigenvalue weighted by Crippen LogP contribution is 2.22. The molecule has 2 N–H and O–H groups in total. The third-order valence-corrected chi connectivity index (χ3v) is 1.63. The van der Waals surface area contributed by atoms with Crippen molar-refractivity contribution in [1.82, 2.24) is 10.9 Å². The van der Waals surface area contributed by atoms with E-state index in [-0.39, 0.29) is 0 Å². The molecule has 1 saturated carbocycles. The monoisotopic (exact) mass is 142 g/mol. The van der Waals surface area contributed by atoms with E-state index >= 15 is 0 Å². The first-order chi connectivity index (χ1) is 4.83. The van der Waals surface area contributed by atoms with Gasteiger partial charge in [0.05, 0.1) is 0 Å². The molecule has 10 heavy (non-hydrogen) atoms. The predicted molar refractivity (Wildman–Crippen MR) is 40.1 cm³/mol. The Hall–Kier alpha value is -0.700. The van der Waals surface area contributed by atoms with Crippen LogP contribution in [0.4, 0.5) is 0 Å². The SMILES string of the molecule is C=C(NNC)OC1CCC1. The maximum Gasteiger partial charge on any atom is 0.193 e. The molecule has 0 heterocycles. The summed E-state index contributed by atoms with van der Waals surface area (Å²) in [6.07, 6.45) is 4.04. The van der Waals surface area contributed by atoms with E-state index in [9.17, 15) is 0 Å². The first kappa shape index (κ1) is 7.41. The van der Waals surface area contributed by atoms with E-state index < -0.39 is 0 Å². The third-order valence-electron chi connectivity index (χ3n) is 1.63. The highest BCUT2D eigenvalue weighted by molar-refractivity contribution is 4.81. The fraction of sp³-hybridized carbons (Fsp3) is 0.714. The van der Waals surface area contributed by atoms with Crippen LogP contribution in [0.5, 0.6) is 0 Å². The summed E-state index contributed by atoms with van der Waals surface area (Å²) in [4.78, 5) is 0. The third kappa shape index (κ3) is 1.92. The predicted octanol–water partition coefficient (Wildman–Crippen LogP) is 0.751. The molecule has 58 valence electrons. The van der Waals surface area contributed by atoms with Crippen molar-refractivity contribution in [1.29, 1.82) is 0 Å². The van der Waals surface area contributed by atoms with Gasteiger partial charge in [0, 0.05) is 7.05 Å². The maximum atomic E-state index is 5.36. The van der Waals surface area contributed by atoms with Crippen LogP contribution in [0.3, 0.4) is 0 Å². The van der Waals surface area contributed by atoms with E-state index in [1.807, 2.05) is 0 Å². The van der Waals surface area contributed by atoms with Gasteiger partial charge < -0.3 is 4.74 Å². The molecule has 0 aliphatic heterocycles. The first-order valence-electron chi connectivity index (χ1n) is 3.61. The van der Waals surface area contributed by atoms with E-state index in [4.69, 9.17) is 4.74 Å². The minimum absolute atomic E-state index is 0.411. The van der Waals surface area contributed by atoms with Gasteiger partial charge in [-0.2, -0.15) is 0 Å². The lowest BCUT2D eigenvalue weighted by atomic mass is 9.96. The molecule has 1 rings (SSSR count). The summed E-state index contributed by atoms with van der Waals surface area (Å²) in [5, 5.41) is 0. The molecular weight excluding hydrogens is 128 g/mol. The van der Waals surface area contributed by atoms with Crippen molar-refractivity contribution in [3.05, 3.63) is 12.5 Å². The van der Waals surface area contributed by atoms with E-state index in [1.165, 1.54) is 19.3 Å². The van der Waals surface area contributed by atoms with Gasteiger partial charge in [0.25, 0.3) is 0 Å². The van der Waals surface area contributed by atoms with Crippen molar-refractivity contribution in [2.24, 2.45) is 0 Å². The normalized spacial score (nSPS) is 17.7. The summed E-state index contributed by atoms with van der Waals surface area (Å²) < 4.78 is 5.36. The van der Waals surface area contributed by atoms with Gasteiger partial charge in [-0.3, -0.25) is 5.43 Å². The summed E-state index contributed by atoms with van der Waals surface area (Å²) in [6.45, 7) is 3.67. The molecule has 0 aromatic carbocycles. The van der Waals surface area contributed by atoms with Crippen LogP contribution < -0.4 is 10.9 Å². The highest BCUT2D eigenvalue weighted by atomic mass is 16.5. The zero-order valence-corrected chi connectivity index (χ0v) is 6.31. The van der Waals surface area contributed by atoms with Crippen molar-refractivity contribution in [3.63, 3.8) is 0 Å². The van der Waals surface area contributed by atoms with E-state index in [0.29, 0.717) is 12.0 Å². The van der Waals surface area contributed by atoms with Gasteiger partial charge in [-0.25, -0.2) is 5.43 Å². The molecule has 0 bridgehead atoms. The van der Waals surface area contributed by atoms with Gasteiger partial charge in [0.15, 0.2) is 5.88 Å². The van der Waals surface area contributed by atoms with Gasteiger partial charge in [-0.1, -0.05) is 0 Å². The van der Waals surface area contributed by atoms with E-state index in [0.717, 1.165) is 0 Å². The van der Waals surface area contributed by atoms with Gasteiger partial charge in [0.1, 0.15) is 6.10 Å². The number of hydrogen-bond acceptors (Lipinski definition) is 3. The molecule has 1 fully saturated rings. The lowest BCUT2D eigenvalue weighted by Gasteiger charge is -2.27. The molecule has 0 amide bonds. The number of nitrogens with one attached hydrogen (secondary N) is 2. The van der Waals surface area contributed by atoms with E-state index in [2.05, 4.69) is 17.4 Å². The molecule has 0 spiro atoms. The molecule has 3 nitrogen and oxygen atoms in total. The minimum atomic E-state index is 0.411. The zero-order chi connectivity index (χ0) is 7.40. The second-order valence-electron chi connectivity index (χ2n) is 2.47. The summed E-state index contributed by atoms with van der Waals surface area (Å²) >= 11 is 0. The Morgan fingerprint density at radius 3 is 2.70 bits per heavy atom. The standard InChI is InChI=1S/C7H14N2O/c1-6(9-8-2)10-7-4-3-5-7/h7-9H,1,3-5H2,2H3. The smallest absolute Gasteiger partial charge is 0.193 e. The van der Waals surface area contributed by atoms with Crippen LogP contribution in [0.2, 0.25) is 0 Å². The molecule has 0 unspecified atom stereocenters. The fourth-order valence-electron chi connectivity index (χ4n) is 0.859. The van der Waals surface area contributed by atoms with Gasteiger partial charge >= 0.3 is 0 Å². The van der Waals surface area contributed by atoms with Crippen LogP contribution in [0.15, 0.2) is 12.5 Å². The lowest BCUT2D eigenvalue weighted by Crippen LogP contribution is -2.31. The van der Waals surface area contributed by atoms with Crippen molar-refractivity contribution >= 4 is 0 Å². The van der Waals surface area contributed by atoms with Crippen molar-refractivity contribution in [2.45, 2.75) is 25.4 Å². The lowest BCUT2D eigenvalue weighted by molar-refractivity contribution is 0.0399. The number of ether oxygens (including phenoxy) is 1. The number of rotatable bonds is 4. The second kappa shape index (κ2) is 3.46. The Morgan fingerprint density at radius 1 is 1.60 bits per heavy atom. The summed E-state index contributed by atoms with van der Waals surface area (Å²) in [5.74, 6) is 0.618. The molecular formula is C7H14N2O. The van der Waals surface area contributed by atoms with Crippen LogP contribution in [0.1, 0.15) is 19.3 Å². The molecule has 0 atom stereocenters. The van der Waals surface area contributed by atoms with Crippen LogP contribution in [0, 0.1) is 0 Å². The van der Waals surface area contributed by atoms with Crippen LogP contribution in [0.25, 0.3) is 0 Å². The first-order valence-corrected chi connectivity index (χ1v) is 3.61. The number of hydrazine groups is 1. The minimum Gasteiger partial charge on any atom is -0.475 e. The molecule has 1 aliphatic carbocycles. The Morgan fingerprint density at radius 2 is 2.30 bits per heavy atom. The van der Waals surface area contributed by atoms with Crippen LogP contribution >= 0.6 is 0 Å². The molecule has 0 aromatic heterocycles. The largest absolute Gasteiger partial charge is 0.475 e. The van der Waals surface area contributed by atoms with Gasteiger partial charge in [0.2, 0.25) is 0 Å². The molecule has 1 aliphatic rings. The number of hydrogen-bond donors (Lipinski definition) is 2. The maximum absolute atomic E-state index is 5.36. The van der Waals surface area contributed by atoms with Crippen LogP contribution in [-0.4, -0.2) is 13.2 Å². The molecule has 3 heteroatoms. The highest BCUT2D eigenvalue weighted by Gasteiger charge is 2.18. The van der Waals surface area contributed by atoms with Crippen LogP contribution in [-0.2, 0) is 4.74 Å². The summed E-state index contributed by atoms with van der Waals surface area (Å²) in [5.41, 5.74) is 5.52. The quantitative estimate of drug-likeness (QED) is 0.449. The van der Waals surface area contributed by atoms with Crippen molar-refractivity contribution < 1.29 is 4.74 Å². The zero-order valence-electron chi connectivity index (χ0n) is 6.31. The average molecular weight is 142 g/mol. The Bertz CT molecular complexity index is 121. The van der Waals surface area contributed by atoms with E-state index in [1.54, 1.807) is 7.05 Å². The van der Waals surface area contributed by atoms with Crippen molar-refractivity contribution in [3.8, 4) is 0 Å². The molecule has 0 saturated heterocycles. The van der Waals surface area contributed by atoms with Gasteiger partial charge in [-0.15, -0.1) is 0 Å². The van der Waals surface area contributed by atoms with Gasteiger partial charge in [-0.05, 0) is 25.8 Å².